The molecule has 0 aromatic heterocycles. The van der Waals surface area contributed by atoms with Crippen LogP contribution in [-0.2, 0) is 33.3 Å². The van der Waals surface area contributed by atoms with E-state index in [2.05, 4.69) is 6.58 Å². The Labute approximate surface area is 136 Å². The highest BCUT2D eigenvalue weighted by Crippen LogP contribution is 2.30. The lowest BCUT2D eigenvalue weighted by atomic mass is 10.1. The number of aliphatic hydroxyl groups excluding tert-OH is 1. The monoisotopic (exact) mass is 340 g/mol. The Balaban J connectivity index is 1.87. The van der Waals surface area contributed by atoms with Crippen molar-refractivity contribution in [1.82, 2.24) is 0 Å². The summed E-state index contributed by atoms with van der Waals surface area (Å²) in [4.78, 5) is 33.4. The van der Waals surface area contributed by atoms with Gasteiger partial charge in [0.05, 0.1) is 13.2 Å². The van der Waals surface area contributed by atoms with Crippen molar-refractivity contribution >= 4 is 17.9 Å². The van der Waals surface area contributed by atoms with Gasteiger partial charge in [0.2, 0.25) is 0 Å². The molecule has 2 aliphatic rings. The molecule has 0 unspecified atom stereocenters. The molecule has 2 saturated heterocycles. The van der Waals surface area contributed by atoms with Gasteiger partial charge in [0.15, 0.2) is 12.2 Å². The van der Waals surface area contributed by atoms with Crippen LogP contribution in [0.3, 0.4) is 0 Å². The highest BCUT2D eigenvalue weighted by Gasteiger charge is 2.50. The molecule has 2 rings (SSSR count). The minimum Gasteiger partial charge on any atom is -0.509 e. The first-order chi connectivity index (χ1) is 11.4. The van der Waals surface area contributed by atoms with Crippen LogP contribution < -0.4 is 0 Å². The molecular formula is C15H16O9. The molecular weight excluding hydrogens is 324 g/mol. The van der Waals surface area contributed by atoms with E-state index in [1.54, 1.807) is 0 Å². The molecule has 9 heteroatoms. The first-order valence-corrected chi connectivity index (χ1v) is 6.98. The molecule has 130 valence electrons. The minimum absolute atomic E-state index is 0.0410. The van der Waals surface area contributed by atoms with Crippen molar-refractivity contribution in [3.8, 4) is 0 Å². The van der Waals surface area contributed by atoms with Gasteiger partial charge < -0.3 is 29.2 Å². The van der Waals surface area contributed by atoms with Crippen molar-refractivity contribution in [3.05, 3.63) is 36.6 Å². The number of hydrogen-bond donors (Lipinski definition) is 2. The summed E-state index contributed by atoms with van der Waals surface area (Å²) in [6.07, 6.45) is 0.937. The lowest BCUT2D eigenvalue weighted by molar-refractivity contribution is -0.149. The Kier molecular flexibility index (Phi) is 5.72. The SMILES string of the molecule is C=C(O)/C=C\C(=O)O[C@H]1CO[C@H]2[C@@H]1OC[C@H]2OC(=O)/C=C\C(=O)O. The fourth-order valence-corrected chi connectivity index (χ4v) is 2.31. The van der Waals surface area contributed by atoms with Gasteiger partial charge in [0.1, 0.15) is 18.0 Å². The number of rotatable bonds is 6. The molecule has 0 radical (unpaired) electrons. The van der Waals surface area contributed by atoms with E-state index in [-0.39, 0.29) is 19.0 Å². The highest BCUT2D eigenvalue weighted by atomic mass is 16.7. The normalized spacial score (nSPS) is 28.8. The van der Waals surface area contributed by atoms with Crippen LogP contribution >= 0.6 is 0 Å². The number of carboxylic acids is 1. The zero-order valence-electron chi connectivity index (χ0n) is 12.5. The molecule has 0 aromatic carbocycles. The summed E-state index contributed by atoms with van der Waals surface area (Å²) in [5.74, 6) is -3.09. The lowest BCUT2D eigenvalue weighted by Gasteiger charge is -2.16. The first kappa shape index (κ1) is 17.7. The Morgan fingerprint density at radius 2 is 1.33 bits per heavy atom. The first-order valence-electron chi connectivity index (χ1n) is 6.98. The van der Waals surface area contributed by atoms with Gasteiger partial charge in [-0.1, -0.05) is 6.58 Å². The summed E-state index contributed by atoms with van der Waals surface area (Å²) < 4.78 is 21.1. The molecule has 4 atom stereocenters. The maximum absolute atomic E-state index is 11.6. The van der Waals surface area contributed by atoms with Crippen LogP contribution in [0.25, 0.3) is 0 Å². The van der Waals surface area contributed by atoms with E-state index in [1.807, 2.05) is 0 Å². The van der Waals surface area contributed by atoms with Crippen LogP contribution in [0.4, 0.5) is 0 Å². The fraction of sp³-hybridized carbons (Fsp3) is 0.400. The summed E-state index contributed by atoms with van der Waals surface area (Å²) in [7, 11) is 0. The van der Waals surface area contributed by atoms with E-state index in [0.717, 1.165) is 18.2 Å². The summed E-state index contributed by atoms with van der Waals surface area (Å²) in [5, 5.41) is 17.3. The predicted octanol–water partition coefficient (Wildman–Crippen LogP) is -0.124. The van der Waals surface area contributed by atoms with Gasteiger partial charge in [-0.2, -0.15) is 0 Å². The molecule has 0 spiro atoms. The highest BCUT2D eigenvalue weighted by molar-refractivity contribution is 5.90. The summed E-state index contributed by atoms with van der Waals surface area (Å²) in [5.41, 5.74) is 0. The molecule has 0 amide bonds. The van der Waals surface area contributed by atoms with Crippen molar-refractivity contribution in [3.63, 3.8) is 0 Å². The molecule has 0 bridgehead atoms. The maximum atomic E-state index is 11.6. The Morgan fingerprint density at radius 3 is 1.75 bits per heavy atom. The molecule has 2 fully saturated rings. The third kappa shape index (κ3) is 4.67. The third-order valence-corrected chi connectivity index (χ3v) is 3.27. The number of esters is 2. The predicted molar refractivity (Wildman–Crippen MR) is 76.9 cm³/mol. The molecule has 9 nitrogen and oxygen atoms in total. The molecule has 2 heterocycles. The molecule has 2 N–H and O–H groups in total. The Bertz CT molecular complexity index is 540. The number of aliphatic carboxylic acids is 1. The van der Waals surface area contributed by atoms with E-state index in [0.29, 0.717) is 6.08 Å². The minimum atomic E-state index is -1.27. The largest absolute Gasteiger partial charge is 0.509 e. The molecule has 0 aliphatic carbocycles. The number of fused-ring (bicyclic) bond motifs is 1. The standard InChI is InChI=1S/C15H16O9/c1-8(16)2-4-12(19)23-9-6-21-15-10(7-22-14(9)15)24-13(20)5-3-11(17)18/h2-5,9-10,14-16H,1,6-7H2,(H,17,18)/b4-2-,5-3-/t9-,10+,14+,15+/m0/s1. The van der Waals surface area contributed by atoms with Crippen molar-refractivity contribution in [1.29, 1.82) is 0 Å². The molecule has 24 heavy (non-hydrogen) atoms. The Hall–Kier alpha value is -2.65. The van der Waals surface area contributed by atoms with Crippen LogP contribution in [-0.4, -0.2) is 65.8 Å². The van der Waals surface area contributed by atoms with Gasteiger partial charge in [0.25, 0.3) is 0 Å². The number of ether oxygens (including phenoxy) is 4. The van der Waals surface area contributed by atoms with Gasteiger partial charge in [0, 0.05) is 18.2 Å². The quantitative estimate of drug-likeness (QED) is 0.294. The molecule has 0 saturated carbocycles. The van der Waals surface area contributed by atoms with Crippen molar-refractivity contribution in [2.75, 3.05) is 13.2 Å². The van der Waals surface area contributed by atoms with Crippen molar-refractivity contribution in [2.45, 2.75) is 24.4 Å². The van der Waals surface area contributed by atoms with Crippen molar-refractivity contribution < 1.29 is 43.5 Å². The van der Waals surface area contributed by atoms with E-state index < -0.39 is 42.3 Å². The maximum Gasteiger partial charge on any atom is 0.331 e. The number of aliphatic hydroxyl groups is 1. The fourth-order valence-electron chi connectivity index (χ4n) is 2.31. The second kappa shape index (κ2) is 7.75. The van der Waals surface area contributed by atoms with E-state index >= 15 is 0 Å². The van der Waals surface area contributed by atoms with E-state index in [9.17, 15) is 14.4 Å². The summed E-state index contributed by atoms with van der Waals surface area (Å²) in [6, 6.07) is 0. The van der Waals surface area contributed by atoms with Gasteiger partial charge >= 0.3 is 17.9 Å². The van der Waals surface area contributed by atoms with E-state index in [1.165, 1.54) is 0 Å². The van der Waals surface area contributed by atoms with Crippen LogP contribution in [0.5, 0.6) is 0 Å². The number of carbonyl (C=O) groups excluding carboxylic acids is 2. The second-order valence-corrected chi connectivity index (χ2v) is 5.04. The van der Waals surface area contributed by atoms with E-state index in [4.69, 9.17) is 29.2 Å². The number of allylic oxidation sites excluding steroid dienone is 1. The zero-order chi connectivity index (χ0) is 17.7. The zero-order valence-corrected chi connectivity index (χ0v) is 12.5. The van der Waals surface area contributed by atoms with Gasteiger partial charge in [-0.15, -0.1) is 0 Å². The van der Waals surface area contributed by atoms with Crippen LogP contribution in [0.2, 0.25) is 0 Å². The average Bonchev–Trinajstić information content (AvgIpc) is 3.07. The number of hydrogen-bond acceptors (Lipinski definition) is 8. The Morgan fingerprint density at radius 1 is 0.875 bits per heavy atom. The number of carbonyl (C=O) groups is 3. The topological polar surface area (TPSA) is 129 Å². The number of carboxylic acid groups (broad SMARTS) is 1. The molecule has 0 aromatic rings. The smallest absolute Gasteiger partial charge is 0.331 e. The van der Waals surface area contributed by atoms with Crippen LogP contribution in [0.15, 0.2) is 36.6 Å². The third-order valence-electron chi connectivity index (χ3n) is 3.27. The van der Waals surface area contributed by atoms with Crippen LogP contribution in [0, 0.1) is 0 Å². The van der Waals surface area contributed by atoms with Gasteiger partial charge in [-0.25, -0.2) is 14.4 Å². The summed E-state index contributed by atoms with van der Waals surface area (Å²) >= 11 is 0. The average molecular weight is 340 g/mol. The lowest BCUT2D eigenvalue weighted by Crippen LogP contribution is -2.35. The second-order valence-electron chi connectivity index (χ2n) is 5.04. The van der Waals surface area contributed by atoms with Crippen molar-refractivity contribution in [2.24, 2.45) is 0 Å². The van der Waals surface area contributed by atoms with Gasteiger partial charge in [-0.3, -0.25) is 0 Å². The van der Waals surface area contributed by atoms with Gasteiger partial charge in [-0.05, 0) is 6.08 Å². The summed E-state index contributed by atoms with van der Waals surface area (Å²) in [6.45, 7) is 3.30. The van der Waals surface area contributed by atoms with Crippen LogP contribution in [0.1, 0.15) is 0 Å². The molecule has 2 aliphatic heterocycles.